The molecule has 0 atom stereocenters. The molecule has 0 radical (unpaired) electrons. The molecule has 0 unspecified atom stereocenters. The van der Waals surface area contributed by atoms with Crippen LogP contribution in [-0.4, -0.2) is 14.8 Å². The van der Waals surface area contributed by atoms with Crippen LogP contribution < -0.4 is 0 Å². The van der Waals surface area contributed by atoms with Crippen molar-refractivity contribution in [2.45, 2.75) is 13.8 Å². The van der Waals surface area contributed by atoms with Crippen molar-refractivity contribution in [1.29, 1.82) is 0 Å². The van der Waals surface area contributed by atoms with E-state index in [-0.39, 0.29) is 0 Å². The minimum atomic E-state index is 0.900. The molecule has 3 nitrogen and oxygen atoms in total. The molecule has 0 N–H and O–H groups in total. The second-order valence-electron chi connectivity index (χ2n) is 4.22. The van der Waals surface area contributed by atoms with E-state index in [0.29, 0.717) is 0 Å². The molecule has 0 aliphatic rings. The summed E-state index contributed by atoms with van der Waals surface area (Å²) in [4.78, 5) is 4.66. The quantitative estimate of drug-likeness (QED) is 0.634. The van der Waals surface area contributed by atoms with Crippen LogP contribution in [0.3, 0.4) is 0 Å². The maximum absolute atomic E-state index is 4.66. The number of hydrogen-bond donors (Lipinski definition) is 0. The number of aromatic nitrogens is 3. The highest BCUT2D eigenvalue weighted by atomic mass is 15.3. The Labute approximate surface area is 99.7 Å². The molecular formula is C14H13N3. The van der Waals surface area contributed by atoms with E-state index in [2.05, 4.69) is 29.1 Å². The molecule has 84 valence electrons. The fourth-order valence-corrected chi connectivity index (χ4v) is 1.98. The van der Waals surface area contributed by atoms with Gasteiger partial charge >= 0.3 is 0 Å². The number of benzene rings is 1. The third-order valence-electron chi connectivity index (χ3n) is 2.83. The lowest BCUT2D eigenvalue weighted by atomic mass is 10.1. The molecule has 3 heteroatoms. The highest BCUT2D eigenvalue weighted by Gasteiger charge is 2.05. The zero-order valence-corrected chi connectivity index (χ0v) is 9.88. The Bertz CT molecular complexity index is 683. The molecule has 0 aliphatic carbocycles. The number of hydrogen-bond acceptors (Lipinski definition) is 2. The van der Waals surface area contributed by atoms with Crippen LogP contribution >= 0.6 is 0 Å². The summed E-state index contributed by atoms with van der Waals surface area (Å²) in [5, 5.41) is 5.57. The molecule has 0 fully saturated rings. The number of nitrogens with zero attached hydrogens (tertiary/aromatic N) is 3. The van der Waals surface area contributed by atoms with Crippen LogP contribution in [0, 0.1) is 13.8 Å². The zero-order valence-electron chi connectivity index (χ0n) is 9.88. The van der Waals surface area contributed by atoms with Gasteiger partial charge in [0.2, 0.25) is 0 Å². The minimum Gasteiger partial charge on any atom is -0.228 e. The van der Waals surface area contributed by atoms with E-state index in [1.165, 1.54) is 0 Å². The summed E-state index contributed by atoms with van der Waals surface area (Å²) >= 11 is 0. The molecule has 2 heterocycles. The number of aryl methyl sites for hydroxylation is 2. The van der Waals surface area contributed by atoms with Gasteiger partial charge in [-0.1, -0.05) is 18.2 Å². The molecule has 0 saturated heterocycles. The summed E-state index contributed by atoms with van der Waals surface area (Å²) in [6.45, 7) is 4.04. The standard InChI is InChI=1S/C14H13N3/c1-10-9-12-5-3-4-6-13(12)15-14(10)17-8-7-11(2)16-17/h3-9H,1-2H3. The SMILES string of the molecule is Cc1ccn(-c2nc3ccccc3cc2C)n1. The third kappa shape index (κ3) is 1.69. The Balaban J connectivity index is 2.26. The second-order valence-corrected chi connectivity index (χ2v) is 4.22. The lowest BCUT2D eigenvalue weighted by Gasteiger charge is -2.06. The maximum atomic E-state index is 4.66. The largest absolute Gasteiger partial charge is 0.228 e. The Hall–Kier alpha value is -2.16. The van der Waals surface area contributed by atoms with Gasteiger partial charge in [0.05, 0.1) is 11.2 Å². The van der Waals surface area contributed by atoms with Crippen LogP contribution in [-0.2, 0) is 0 Å². The topological polar surface area (TPSA) is 30.7 Å². The van der Waals surface area contributed by atoms with Crippen molar-refractivity contribution in [2.24, 2.45) is 0 Å². The molecule has 17 heavy (non-hydrogen) atoms. The van der Waals surface area contributed by atoms with Gasteiger partial charge in [0.15, 0.2) is 5.82 Å². The average Bonchev–Trinajstić information content (AvgIpc) is 2.75. The van der Waals surface area contributed by atoms with Gasteiger partial charge in [-0.25, -0.2) is 9.67 Å². The fourth-order valence-electron chi connectivity index (χ4n) is 1.98. The summed E-state index contributed by atoms with van der Waals surface area (Å²) in [6.07, 6.45) is 1.94. The molecule has 3 aromatic rings. The third-order valence-corrected chi connectivity index (χ3v) is 2.83. The highest BCUT2D eigenvalue weighted by Crippen LogP contribution is 2.18. The Kier molecular flexibility index (Phi) is 2.18. The summed E-state index contributed by atoms with van der Waals surface area (Å²) in [5.74, 6) is 0.900. The normalized spacial score (nSPS) is 10.9. The van der Waals surface area contributed by atoms with Gasteiger partial charge in [0, 0.05) is 11.6 Å². The van der Waals surface area contributed by atoms with E-state index in [9.17, 15) is 0 Å². The van der Waals surface area contributed by atoms with Crippen LogP contribution in [0.2, 0.25) is 0 Å². The molecule has 3 rings (SSSR count). The predicted molar refractivity (Wildman–Crippen MR) is 68.3 cm³/mol. The molecule has 0 spiro atoms. The second kappa shape index (κ2) is 3.70. The van der Waals surface area contributed by atoms with E-state index in [4.69, 9.17) is 0 Å². The van der Waals surface area contributed by atoms with E-state index < -0.39 is 0 Å². The van der Waals surface area contributed by atoms with Crippen LogP contribution in [0.4, 0.5) is 0 Å². The number of rotatable bonds is 1. The van der Waals surface area contributed by atoms with Gasteiger partial charge in [0.1, 0.15) is 0 Å². The lowest BCUT2D eigenvalue weighted by molar-refractivity contribution is 0.830. The van der Waals surface area contributed by atoms with Crippen molar-refractivity contribution < 1.29 is 0 Å². The van der Waals surface area contributed by atoms with Gasteiger partial charge in [-0.2, -0.15) is 5.10 Å². The summed E-state index contributed by atoms with van der Waals surface area (Å²) in [5.41, 5.74) is 3.13. The van der Waals surface area contributed by atoms with E-state index >= 15 is 0 Å². The lowest BCUT2D eigenvalue weighted by Crippen LogP contribution is -2.01. The van der Waals surface area contributed by atoms with E-state index in [1.54, 1.807) is 0 Å². The molecule has 0 aliphatic heterocycles. The van der Waals surface area contributed by atoms with Gasteiger partial charge in [0.25, 0.3) is 0 Å². The van der Waals surface area contributed by atoms with Crippen LogP contribution in [0.25, 0.3) is 16.7 Å². The van der Waals surface area contributed by atoms with Crippen molar-refractivity contribution in [2.75, 3.05) is 0 Å². The van der Waals surface area contributed by atoms with E-state index in [0.717, 1.165) is 28.0 Å². The molecule has 2 aromatic heterocycles. The van der Waals surface area contributed by atoms with Gasteiger partial charge in [-0.05, 0) is 37.6 Å². The zero-order chi connectivity index (χ0) is 11.8. The fraction of sp³-hybridized carbons (Fsp3) is 0.143. The first-order valence-corrected chi connectivity index (χ1v) is 5.63. The molecule has 1 aromatic carbocycles. The van der Waals surface area contributed by atoms with Crippen molar-refractivity contribution in [3.05, 3.63) is 53.9 Å². The Morgan fingerprint density at radius 1 is 1.06 bits per heavy atom. The first kappa shape index (κ1) is 10.0. The highest BCUT2D eigenvalue weighted by molar-refractivity contribution is 5.80. The smallest absolute Gasteiger partial charge is 0.156 e. The minimum absolute atomic E-state index is 0.900. The van der Waals surface area contributed by atoms with Gasteiger partial charge in [-0.3, -0.25) is 0 Å². The summed E-state index contributed by atoms with van der Waals surface area (Å²) in [7, 11) is 0. The van der Waals surface area contributed by atoms with Crippen molar-refractivity contribution in [1.82, 2.24) is 14.8 Å². The Morgan fingerprint density at radius 3 is 2.65 bits per heavy atom. The van der Waals surface area contributed by atoms with Gasteiger partial charge in [-0.15, -0.1) is 0 Å². The maximum Gasteiger partial charge on any atom is 0.156 e. The summed E-state index contributed by atoms with van der Waals surface area (Å²) < 4.78 is 1.83. The predicted octanol–water partition coefficient (Wildman–Crippen LogP) is 3.04. The van der Waals surface area contributed by atoms with Crippen LogP contribution in [0.15, 0.2) is 42.6 Å². The number of para-hydroxylation sites is 1. The molecule has 0 bridgehead atoms. The molecule has 0 saturated carbocycles. The average molecular weight is 223 g/mol. The van der Waals surface area contributed by atoms with E-state index in [1.807, 2.05) is 42.1 Å². The monoisotopic (exact) mass is 223 g/mol. The first-order valence-electron chi connectivity index (χ1n) is 5.63. The van der Waals surface area contributed by atoms with Crippen molar-refractivity contribution >= 4 is 10.9 Å². The van der Waals surface area contributed by atoms with Crippen LogP contribution in [0.5, 0.6) is 0 Å². The first-order chi connectivity index (χ1) is 8.24. The van der Waals surface area contributed by atoms with Crippen molar-refractivity contribution in [3.8, 4) is 5.82 Å². The summed E-state index contributed by atoms with van der Waals surface area (Å²) in [6, 6.07) is 12.3. The molecule has 0 amide bonds. The number of fused-ring (bicyclic) bond motifs is 1. The number of pyridine rings is 1. The van der Waals surface area contributed by atoms with Gasteiger partial charge < -0.3 is 0 Å². The van der Waals surface area contributed by atoms with Crippen LogP contribution in [0.1, 0.15) is 11.3 Å². The Morgan fingerprint density at radius 2 is 1.88 bits per heavy atom. The molecular weight excluding hydrogens is 210 g/mol. The van der Waals surface area contributed by atoms with Crippen molar-refractivity contribution in [3.63, 3.8) is 0 Å².